The summed E-state index contributed by atoms with van der Waals surface area (Å²) in [6.07, 6.45) is 4.62. The van der Waals surface area contributed by atoms with Crippen molar-refractivity contribution in [1.82, 2.24) is 8.61 Å². The Hall–Kier alpha value is -0.170. The quantitative estimate of drug-likeness (QED) is 0.794. The molecule has 0 radical (unpaired) electrons. The fraction of sp³-hybridized carbons (Fsp3) is 1.00. The van der Waals surface area contributed by atoms with Crippen molar-refractivity contribution in [3.63, 3.8) is 0 Å². The lowest BCUT2D eigenvalue weighted by Crippen LogP contribution is -2.47. The highest BCUT2D eigenvalue weighted by Crippen LogP contribution is 2.18. The molecule has 1 saturated heterocycles. The van der Waals surface area contributed by atoms with Gasteiger partial charge in [-0.3, -0.25) is 0 Å². The van der Waals surface area contributed by atoms with E-state index in [2.05, 4.69) is 0 Å². The molecule has 1 heterocycles. The van der Waals surface area contributed by atoms with Gasteiger partial charge in [0.25, 0.3) is 10.2 Å². The van der Waals surface area contributed by atoms with Gasteiger partial charge < -0.3 is 5.11 Å². The second-order valence-electron chi connectivity index (χ2n) is 5.10. The molecular formula is C12H26N2O3S. The topological polar surface area (TPSA) is 60.9 Å². The van der Waals surface area contributed by atoms with E-state index < -0.39 is 10.2 Å². The highest BCUT2D eigenvalue weighted by Gasteiger charge is 2.31. The number of aliphatic hydroxyl groups is 1. The van der Waals surface area contributed by atoms with Crippen LogP contribution in [0.25, 0.3) is 0 Å². The molecule has 0 aromatic carbocycles. The zero-order valence-corrected chi connectivity index (χ0v) is 12.3. The molecule has 18 heavy (non-hydrogen) atoms. The first-order valence-electron chi connectivity index (χ1n) is 6.88. The van der Waals surface area contributed by atoms with Crippen molar-refractivity contribution >= 4 is 10.2 Å². The summed E-state index contributed by atoms with van der Waals surface area (Å²) in [5.74, 6) is 0. The lowest BCUT2D eigenvalue weighted by molar-refractivity contribution is 0.248. The van der Waals surface area contributed by atoms with Crippen LogP contribution in [0.4, 0.5) is 0 Å². The Labute approximate surface area is 111 Å². The zero-order valence-electron chi connectivity index (χ0n) is 11.5. The van der Waals surface area contributed by atoms with Crippen LogP contribution in [-0.2, 0) is 10.2 Å². The standard InChI is InChI=1S/C12H26N2O3S/c1-12(2)14(10-7-11-15)18(16,17)13-8-5-3-4-6-9-13/h12,15H,3-11H2,1-2H3. The molecule has 1 N–H and O–H groups in total. The molecule has 1 aliphatic heterocycles. The highest BCUT2D eigenvalue weighted by atomic mass is 32.2. The molecule has 0 saturated carbocycles. The third-order valence-corrected chi connectivity index (χ3v) is 5.51. The van der Waals surface area contributed by atoms with Gasteiger partial charge in [0.2, 0.25) is 0 Å². The van der Waals surface area contributed by atoms with Crippen LogP contribution in [0.2, 0.25) is 0 Å². The number of hydrogen-bond acceptors (Lipinski definition) is 3. The Morgan fingerprint density at radius 3 is 2.17 bits per heavy atom. The molecule has 1 aliphatic rings. The van der Waals surface area contributed by atoms with E-state index in [1.54, 1.807) is 4.31 Å². The number of rotatable bonds is 6. The smallest absolute Gasteiger partial charge is 0.282 e. The van der Waals surface area contributed by atoms with Crippen LogP contribution in [-0.4, -0.2) is 54.4 Å². The Balaban J connectivity index is 2.78. The Morgan fingerprint density at radius 1 is 1.17 bits per heavy atom. The lowest BCUT2D eigenvalue weighted by atomic mass is 10.2. The van der Waals surface area contributed by atoms with E-state index in [-0.39, 0.29) is 12.6 Å². The molecule has 0 aromatic heterocycles. The van der Waals surface area contributed by atoms with Gasteiger partial charge in [-0.15, -0.1) is 0 Å². The van der Waals surface area contributed by atoms with Crippen LogP contribution in [0.3, 0.4) is 0 Å². The van der Waals surface area contributed by atoms with Gasteiger partial charge in [-0.2, -0.15) is 17.0 Å². The van der Waals surface area contributed by atoms with Crippen LogP contribution in [0.1, 0.15) is 46.0 Å². The molecule has 0 aliphatic carbocycles. The SMILES string of the molecule is CC(C)N(CCCO)S(=O)(=O)N1CCCCCC1. The first-order valence-corrected chi connectivity index (χ1v) is 8.27. The van der Waals surface area contributed by atoms with Crippen molar-refractivity contribution in [1.29, 1.82) is 0 Å². The third kappa shape index (κ3) is 4.19. The average Bonchev–Trinajstić information content (AvgIpc) is 2.57. The maximum absolute atomic E-state index is 12.6. The maximum atomic E-state index is 12.6. The normalized spacial score (nSPS) is 19.4. The molecule has 108 valence electrons. The molecule has 6 heteroatoms. The Bertz CT molecular complexity index is 322. The predicted molar refractivity (Wildman–Crippen MR) is 72.5 cm³/mol. The highest BCUT2D eigenvalue weighted by molar-refractivity contribution is 7.86. The summed E-state index contributed by atoms with van der Waals surface area (Å²) in [4.78, 5) is 0. The molecule has 5 nitrogen and oxygen atoms in total. The largest absolute Gasteiger partial charge is 0.396 e. The van der Waals surface area contributed by atoms with E-state index >= 15 is 0 Å². The maximum Gasteiger partial charge on any atom is 0.282 e. The molecule has 1 fully saturated rings. The summed E-state index contributed by atoms with van der Waals surface area (Å²) in [7, 11) is -3.36. The van der Waals surface area contributed by atoms with Gasteiger partial charge in [0.05, 0.1) is 0 Å². The van der Waals surface area contributed by atoms with Crippen LogP contribution < -0.4 is 0 Å². The number of nitrogens with zero attached hydrogens (tertiary/aromatic N) is 2. The summed E-state index contributed by atoms with van der Waals surface area (Å²) in [6.45, 7) is 5.45. The van der Waals surface area contributed by atoms with Crippen LogP contribution in [0, 0.1) is 0 Å². The molecule has 0 spiro atoms. The molecule has 0 bridgehead atoms. The molecule has 0 amide bonds. The van der Waals surface area contributed by atoms with E-state index in [1.165, 1.54) is 4.31 Å². The van der Waals surface area contributed by atoms with E-state index in [0.29, 0.717) is 26.1 Å². The van der Waals surface area contributed by atoms with Gasteiger partial charge in [0, 0.05) is 32.3 Å². The van der Waals surface area contributed by atoms with Crippen LogP contribution >= 0.6 is 0 Å². The van der Waals surface area contributed by atoms with Crippen molar-refractivity contribution in [3.05, 3.63) is 0 Å². The monoisotopic (exact) mass is 278 g/mol. The van der Waals surface area contributed by atoms with Crippen molar-refractivity contribution in [3.8, 4) is 0 Å². The summed E-state index contributed by atoms with van der Waals surface area (Å²) in [5.41, 5.74) is 0. The fourth-order valence-electron chi connectivity index (χ4n) is 2.29. The molecule has 0 unspecified atom stereocenters. The second-order valence-corrected chi connectivity index (χ2v) is 6.98. The van der Waals surface area contributed by atoms with Crippen molar-refractivity contribution < 1.29 is 13.5 Å². The summed E-state index contributed by atoms with van der Waals surface area (Å²) in [6, 6.07) is -0.0650. The lowest BCUT2D eigenvalue weighted by Gasteiger charge is -2.31. The predicted octanol–water partition coefficient (Wildman–Crippen LogP) is 1.20. The zero-order chi connectivity index (χ0) is 13.6. The second kappa shape index (κ2) is 7.43. The van der Waals surface area contributed by atoms with E-state index in [4.69, 9.17) is 5.11 Å². The minimum atomic E-state index is -3.36. The molecule has 1 rings (SSSR count). The van der Waals surface area contributed by atoms with Crippen LogP contribution in [0.15, 0.2) is 0 Å². The van der Waals surface area contributed by atoms with Gasteiger partial charge in [-0.1, -0.05) is 12.8 Å². The van der Waals surface area contributed by atoms with Gasteiger partial charge in [0.1, 0.15) is 0 Å². The summed E-state index contributed by atoms with van der Waals surface area (Å²) < 4.78 is 28.2. The minimum absolute atomic E-state index is 0.0265. The minimum Gasteiger partial charge on any atom is -0.396 e. The average molecular weight is 278 g/mol. The summed E-state index contributed by atoms with van der Waals surface area (Å²) >= 11 is 0. The van der Waals surface area contributed by atoms with Gasteiger partial charge in [0.15, 0.2) is 0 Å². The first kappa shape index (κ1) is 15.9. The van der Waals surface area contributed by atoms with Gasteiger partial charge in [-0.25, -0.2) is 0 Å². The Morgan fingerprint density at radius 2 is 1.72 bits per heavy atom. The fourth-order valence-corrected chi connectivity index (χ4v) is 4.20. The number of hydrogen-bond donors (Lipinski definition) is 1. The van der Waals surface area contributed by atoms with Crippen molar-refractivity contribution in [2.45, 2.75) is 52.0 Å². The van der Waals surface area contributed by atoms with Crippen LogP contribution in [0.5, 0.6) is 0 Å². The Kier molecular flexibility index (Phi) is 6.55. The van der Waals surface area contributed by atoms with E-state index in [9.17, 15) is 8.42 Å². The number of aliphatic hydroxyl groups excluding tert-OH is 1. The van der Waals surface area contributed by atoms with Crippen molar-refractivity contribution in [2.24, 2.45) is 0 Å². The van der Waals surface area contributed by atoms with Gasteiger partial charge >= 0.3 is 0 Å². The molecule has 0 aromatic rings. The third-order valence-electron chi connectivity index (χ3n) is 3.30. The summed E-state index contributed by atoms with van der Waals surface area (Å²) in [5, 5.41) is 8.88. The van der Waals surface area contributed by atoms with E-state index in [1.807, 2.05) is 13.8 Å². The van der Waals surface area contributed by atoms with Crippen molar-refractivity contribution in [2.75, 3.05) is 26.2 Å². The van der Waals surface area contributed by atoms with E-state index in [0.717, 1.165) is 25.7 Å². The molecule has 0 atom stereocenters. The van der Waals surface area contributed by atoms with Gasteiger partial charge in [-0.05, 0) is 33.1 Å². The molecular weight excluding hydrogens is 252 g/mol. The first-order chi connectivity index (χ1) is 8.50.